The van der Waals surface area contributed by atoms with Crippen molar-refractivity contribution in [1.29, 1.82) is 0 Å². The van der Waals surface area contributed by atoms with E-state index in [2.05, 4.69) is 9.97 Å². The highest BCUT2D eigenvalue weighted by Gasteiger charge is 2.12. The van der Waals surface area contributed by atoms with Gasteiger partial charge in [-0.15, -0.1) is 11.3 Å². The third kappa shape index (κ3) is 2.40. The van der Waals surface area contributed by atoms with Crippen LogP contribution in [-0.4, -0.2) is 23.3 Å². The minimum Gasteiger partial charge on any atom is -0.345 e. The molecule has 0 aliphatic rings. The molecular formula is C9H8ClN3OS2. The van der Waals surface area contributed by atoms with Crippen molar-refractivity contribution < 1.29 is 4.79 Å². The van der Waals surface area contributed by atoms with E-state index in [-0.39, 0.29) is 5.15 Å². The molecule has 0 bridgehead atoms. The Hall–Kier alpha value is -0.980. The molecule has 0 N–H and O–H groups in total. The molecule has 16 heavy (non-hydrogen) atoms. The van der Waals surface area contributed by atoms with Gasteiger partial charge in [-0.05, 0) is 0 Å². The van der Waals surface area contributed by atoms with E-state index in [0.29, 0.717) is 11.4 Å². The zero-order chi connectivity index (χ0) is 11.5. The summed E-state index contributed by atoms with van der Waals surface area (Å²) in [4.78, 5) is 21.3. The van der Waals surface area contributed by atoms with Gasteiger partial charge in [-0.2, -0.15) is 0 Å². The van der Waals surface area contributed by atoms with Crippen LogP contribution in [0.3, 0.4) is 0 Å². The Morgan fingerprint density at radius 2 is 2.44 bits per heavy atom. The molecule has 0 saturated carbocycles. The molecule has 0 atom stereocenters. The molecule has 2 rings (SSSR count). The predicted octanol–water partition coefficient (Wildman–Crippen LogP) is 2.70. The van der Waals surface area contributed by atoms with Gasteiger partial charge >= 0.3 is 0 Å². The summed E-state index contributed by atoms with van der Waals surface area (Å²) in [5.74, 6) is 0. The van der Waals surface area contributed by atoms with Crippen molar-refractivity contribution in [2.24, 2.45) is 0 Å². The van der Waals surface area contributed by atoms with Gasteiger partial charge in [0.1, 0.15) is 4.88 Å². The van der Waals surface area contributed by atoms with Crippen LogP contribution in [-0.2, 0) is 6.54 Å². The normalized spacial score (nSPS) is 10.4. The lowest BCUT2D eigenvalue weighted by atomic mass is 10.5. The number of rotatable bonds is 4. The fourth-order valence-corrected chi connectivity index (χ4v) is 2.74. The van der Waals surface area contributed by atoms with E-state index < -0.39 is 0 Å². The zero-order valence-electron chi connectivity index (χ0n) is 8.38. The van der Waals surface area contributed by atoms with Crippen LogP contribution in [0.4, 0.5) is 5.13 Å². The van der Waals surface area contributed by atoms with Gasteiger partial charge in [0.15, 0.2) is 16.6 Å². The average molecular weight is 274 g/mol. The molecular weight excluding hydrogens is 266 g/mol. The third-order valence-electron chi connectivity index (χ3n) is 1.91. The lowest BCUT2D eigenvalue weighted by Gasteiger charge is -2.13. The van der Waals surface area contributed by atoms with Crippen molar-refractivity contribution in [3.63, 3.8) is 0 Å². The molecule has 0 aromatic carbocycles. The van der Waals surface area contributed by atoms with Crippen molar-refractivity contribution in [3.8, 4) is 0 Å². The Balaban J connectivity index is 2.14. The van der Waals surface area contributed by atoms with Crippen LogP contribution < -0.4 is 4.90 Å². The van der Waals surface area contributed by atoms with Gasteiger partial charge in [0.05, 0.1) is 17.7 Å². The number of nitrogens with zero attached hydrogens (tertiary/aromatic N) is 3. The number of halogens is 1. The van der Waals surface area contributed by atoms with Gasteiger partial charge in [-0.25, -0.2) is 9.97 Å². The molecule has 0 amide bonds. The summed E-state index contributed by atoms with van der Waals surface area (Å²) in [5.41, 5.74) is 2.76. The second-order valence-electron chi connectivity index (χ2n) is 3.11. The minimum atomic E-state index is 0.264. The van der Waals surface area contributed by atoms with Crippen LogP contribution in [0.1, 0.15) is 15.4 Å². The van der Waals surface area contributed by atoms with Crippen molar-refractivity contribution in [2.75, 3.05) is 11.9 Å². The molecule has 0 aliphatic carbocycles. The molecule has 7 heteroatoms. The Morgan fingerprint density at radius 3 is 3.00 bits per heavy atom. The van der Waals surface area contributed by atoms with Gasteiger partial charge in [0.2, 0.25) is 0 Å². The Kier molecular flexibility index (Phi) is 3.52. The maximum Gasteiger partial charge on any atom is 0.187 e. The molecule has 0 spiro atoms. The van der Waals surface area contributed by atoms with Crippen molar-refractivity contribution in [2.45, 2.75) is 6.54 Å². The highest BCUT2D eigenvalue weighted by Crippen LogP contribution is 2.28. The zero-order valence-corrected chi connectivity index (χ0v) is 10.8. The summed E-state index contributed by atoms with van der Waals surface area (Å²) >= 11 is 8.63. The first-order chi connectivity index (χ1) is 7.70. The molecule has 2 aromatic rings. The minimum absolute atomic E-state index is 0.264. The van der Waals surface area contributed by atoms with E-state index in [1.807, 2.05) is 17.3 Å². The highest BCUT2D eigenvalue weighted by molar-refractivity contribution is 7.17. The summed E-state index contributed by atoms with van der Waals surface area (Å²) in [6.45, 7) is 0.658. The van der Waals surface area contributed by atoms with Crippen molar-refractivity contribution >= 4 is 45.7 Å². The van der Waals surface area contributed by atoms with E-state index in [0.717, 1.165) is 17.1 Å². The second-order valence-corrected chi connectivity index (χ2v) is 5.19. The SMILES string of the molecule is CN(Cc1cscn1)c1nc(Cl)c(C=O)s1. The number of carbonyl (C=O) groups excluding carboxylic acids is 1. The van der Waals surface area contributed by atoms with Crippen LogP contribution in [0.15, 0.2) is 10.9 Å². The first-order valence-corrected chi connectivity index (χ1v) is 6.54. The second kappa shape index (κ2) is 4.90. The molecule has 0 aliphatic heterocycles. The summed E-state index contributed by atoms with van der Waals surface area (Å²) in [7, 11) is 1.89. The van der Waals surface area contributed by atoms with Gasteiger partial charge in [0.25, 0.3) is 0 Å². The standard InChI is InChI=1S/C9H8ClN3OS2/c1-13(2-6-4-15-5-11-6)9-12-8(10)7(3-14)16-9/h3-5H,2H2,1H3. The molecule has 0 saturated heterocycles. The quantitative estimate of drug-likeness (QED) is 0.804. The summed E-state index contributed by atoms with van der Waals surface area (Å²) in [5, 5.41) is 2.96. The Labute approximate surface area is 106 Å². The maximum absolute atomic E-state index is 10.6. The number of hydrogen-bond donors (Lipinski definition) is 0. The topological polar surface area (TPSA) is 46.1 Å². The smallest absolute Gasteiger partial charge is 0.187 e. The number of carbonyl (C=O) groups is 1. The summed E-state index contributed by atoms with van der Waals surface area (Å²) < 4.78 is 0. The average Bonchev–Trinajstić information content (AvgIpc) is 2.87. The molecule has 0 unspecified atom stereocenters. The molecule has 2 aromatic heterocycles. The van der Waals surface area contributed by atoms with Crippen LogP contribution in [0, 0.1) is 0 Å². The number of thiazole rings is 2. The fourth-order valence-electron chi connectivity index (χ4n) is 1.16. The number of hydrogen-bond acceptors (Lipinski definition) is 6. The largest absolute Gasteiger partial charge is 0.345 e. The molecule has 2 heterocycles. The monoisotopic (exact) mass is 273 g/mol. The molecule has 0 fully saturated rings. The number of anilines is 1. The summed E-state index contributed by atoms with van der Waals surface area (Å²) in [6, 6.07) is 0. The molecule has 4 nitrogen and oxygen atoms in total. The Morgan fingerprint density at radius 1 is 1.62 bits per heavy atom. The summed E-state index contributed by atoms with van der Waals surface area (Å²) in [6.07, 6.45) is 0.722. The highest BCUT2D eigenvalue weighted by atomic mass is 35.5. The molecule has 0 radical (unpaired) electrons. The van der Waals surface area contributed by atoms with Crippen LogP contribution in [0.25, 0.3) is 0 Å². The van der Waals surface area contributed by atoms with Gasteiger partial charge in [0, 0.05) is 12.4 Å². The molecule has 84 valence electrons. The first-order valence-electron chi connectivity index (χ1n) is 4.40. The van der Waals surface area contributed by atoms with E-state index in [1.54, 1.807) is 16.8 Å². The van der Waals surface area contributed by atoms with Gasteiger partial charge in [-0.3, -0.25) is 4.79 Å². The Bertz CT molecular complexity index is 483. The van der Waals surface area contributed by atoms with Crippen molar-refractivity contribution in [3.05, 3.63) is 26.6 Å². The van der Waals surface area contributed by atoms with Crippen LogP contribution >= 0.6 is 34.3 Å². The third-order valence-corrected chi connectivity index (χ3v) is 4.05. The van der Waals surface area contributed by atoms with Crippen LogP contribution in [0.5, 0.6) is 0 Å². The number of aldehydes is 1. The van der Waals surface area contributed by atoms with E-state index in [1.165, 1.54) is 11.3 Å². The van der Waals surface area contributed by atoms with E-state index >= 15 is 0 Å². The maximum atomic E-state index is 10.6. The first kappa shape index (κ1) is 11.5. The van der Waals surface area contributed by atoms with E-state index in [9.17, 15) is 4.79 Å². The predicted molar refractivity (Wildman–Crippen MR) is 66.7 cm³/mol. The van der Waals surface area contributed by atoms with Crippen LogP contribution in [0.2, 0.25) is 5.15 Å². The van der Waals surface area contributed by atoms with E-state index in [4.69, 9.17) is 11.6 Å². The lowest BCUT2D eigenvalue weighted by Crippen LogP contribution is -2.16. The lowest BCUT2D eigenvalue weighted by molar-refractivity contribution is 0.112. The van der Waals surface area contributed by atoms with Crippen molar-refractivity contribution in [1.82, 2.24) is 9.97 Å². The fraction of sp³-hybridized carbons (Fsp3) is 0.222. The van der Waals surface area contributed by atoms with Gasteiger partial charge in [-0.1, -0.05) is 22.9 Å². The van der Waals surface area contributed by atoms with Gasteiger partial charge < -0.3 is 4.90 Å². The number of aromatic nitrogens is 2.